The SMILES string of the molecule is CCCCCCCCCCCCCC(=O)Nc1ccc(Cl)c(N(C(=O)OCC)C2=NN(c3c(Cl)cc(Cl)cc3Cl)C(=O)C2)c1. The number of amides is 3. The molecule has 0 saturated heterocycles. The van der Waals surface area contributed by atoms with Crippen LogP contribution in [0, 0.1) is 0 Å². The molecule has 12 heteroatoms. The number of ether oxygens (including phenoxy) is 1. The molecule has 0 aliphatic carbocycles. The van der Waals surface area contributed by atoms with Crippen molar-refractivity contribution in [2.75, 3.05) is 21.8 Å². The molecular weight excluding hydrogens is 646 g/mol. The van der Waals surface area contributed by atoms with Gasteiger partial charge >= 0.3 is 6.09 Å². The van der Waals surface area contributed by atoms with Crippen molar-refractivity contribution in [3.8, 4) is 0 Å². The third-order valence-corrected chi connectivity index (χ3v) is 8.26. The van der Waals surface area contributed by atoms with Crippen molar-refractivity contribution in [2.24, 2.45) is 5.10 Å². The largest absolute Gasteiger partial charge is 0.449 e. The van der Waals surface area contributed by atoms with Gasteiger partial charge in [0.2, 0.25) is 5.91 Å². The van der Waals surface area contributed by atoms with E-state index in [1.165, 1.54) is 63.5 Å². The van der Waals surface area contributed by atoms with Crippen molar-refractivity contribution in [3.63, 3.8) is 0 Å². The van der Waals surface area contributed by atoms with Crippen molar-refractivity contribution in [1.82, 2.24) is 0 Å². The summed E-state index contributed by atoms with van der Waals surface area (Å²) in [5.74, 6) is -0.571. The number of unbranched alkanes of at least 4 members (excludes halogenated alkanes) is 10. The van der Waals surface area contributed by atoms with Crippen LogP contribution < -0.4 is 15.2 Å². The highest BCUT2D eigenvalue weighted by molar-refractivity contribution is 6.43. The lowest BCUT2D eigenvalue weighted by Crippen LogP contribution is -2.37. The summed E-state index contributed by atoms with van der Waals surface area (Å²) in [4.78, 5) is 40.0. The molecule has 0 atom stereocenters. The van der Waals surface area contributed by atoms with Crippen LogP contribution in [0.15, 0.2) is 35.4 Å². The predicted octanol–water partition coefficient (Wildman–Crippen LogP) is 10.7. The van der Waals surface area contributed by atoms with E-state index in [-0.39, 0.29) is 51.2 Å². The van der Waals surface area contributed by atoms with Gasteiger partial charge in [-0.1, -0.05) is 118 Å². The summed E-state index contributed by atoms with van der Waals surface area (Å²) < 4.78 is 5.27. The van der Waals surface area contributed by atoms with E-state index < -0.39 is 12.0 Å². The maximum absolute atomic E-state index is 13.1. The van der Waals surface area contributed by atoms with Gasteiger partial charge in [0.1, 0.15) is 11.5 Å². The molecule has 1 aliphatic heterocycles. The quantitative estimate of drug-likeness (QED) is 0.178. The first-order valence-corrected chi connectivity index (χ1v) is 16.8. The van der Waals surface area contributed by atoms with E-state index in [4.69, 9.17) is 51.1 Å². The first-order valence-electron chi connectivity index (χ1n) is 15.3. The number of carbonyl (C=O) groups is 3. The van der Waals surface area contributed by atoms with E-state index in [0.29, 0.717) is 17.1 Å². The lowest BCUT2D eigenvalue weighted by molar-refractivity contribution is -0.117. The predicted molar refractivity (Wildman–Crippen MR) is 182 cm³/mol. The second kappa shape index (κ2) is 18.4. The number of hydrazone groups is 1. The molecule has 240 valence electrons. The van der Waals surface area contributed by atoms with Crippen LogP contribution in [0.5, 0.6) is 0 Å². The Balaban J connectivity index is 1.65. The van der Waals surface area contributed by atoms with Gasteiger partial charge in [-0.3, -0.25) is 9.59 Å². The third kappa shape index (κ3) is 10.5. The van der Waals surface area contributed by atoms with E-state index in [1.807, 2.05) is 0 Å². The minimum Gasteiger partial charge on any atom is -0.449 e. The maximum Gasteiger partial charge on any atom is 0.420 e. The van der Waals surface area contributed by atoms with Gasteiger partial charge in [0.15, 0.2) is 0 Å². The van der Waals surface area contributed by atoms with Crippen LogP contribution in [0.3, 0.4) is 0 Å². The molecule has 0 saturated carbocycles. The summed E-state index contributed by atoms with van der Waals surface area (Å²) in [7, 11) is 0. The van der Waals surface area contributed by atoms with Gasteiger partial charge in [-0.15, -0.1) is 0 Å². The molecule has 0 bridgehead atoms. The zero-order valence-electron chi connectivity index (χ0n) is 25.3. The lowest BCUT2D eigenvalue weighted by Gasteiger charge is -2.23. The van der Waals surface area contributed by atoms with Crippen LogP contribution in [0.1, 0.15) is 97.3 Å². The molecule has 3 amide bonds. The average molecular weight is 687 g/mol. The van der Waals surface area contributed by atoms with Crippen molar-refractivity contribution in [2.45, 2.75) is 97.3 Å². The molecule has 2 aromatic rings. The molecule has 1 aliphatic rings. The van der Waals surface area contributed by atoms with E-state index in [9.17, 15) is 14.4 Å². The summed E-state index contributed by atoms with van der Waals surface area (Å²) in [6.07, 6.45) is 12.5. The molecule has 1 heterocycles. The van der Waals surface area contributed by atoms with Gasteiger partial charge in [0.25, 0.3) is 5.91 Å². The molecule has 0 radical (unpaired) electrons. The lowest BCUT2D eigenvalue weighted by atomic mass is 10.1. The van der Waals surface area contributed by atoms with Crippen LogP contribution in [-0.2, 0) is 14.3 Å². The molecule has 0 fully saturated rings. The first kappa shape index (κ1) is 36.0. The number of anilines is 3. The summed E-state index contributed by atoms with van der Waals surface area (Å²) in [5, 5.41) is 8.99. The minimum atomic E-state index is -0.791. The number of amidine groups is 1. The molecular formula is C32H40Cl4N4O4. The number of rotatable bonds is 16. The second-order valence-corrected chi connectivity index (χ2v) is 12.3. The highest BCUT2D eigenvalue weighted by atomic mass is 35.5. The van der Waals surface area contributed by atoms with E-state index in [1.54, 1.807) is 25.1 Å². The van der Waals surface area contributed by atoms with Gasteiger partial charge in [0.05, 0.1) is 33.8 Å². The Morgan fingerprint density at radius 1 is 0.864 bits per heavy atom. The monoisotopic (exact) mass is 684 g/mol. The molecule has 3 rings (SSSR count). The zero-order chi connectivity index (χ0) is 32.1. The summed E-state index contributed by atoms with van der Waals surface area (Å²) in [6, 6.07) is 7.63. The van der Waals surface area contributed by atoms with Crippen molar-refractivity contribution in [1.29, 1.82) is 0 Å². The van der Waals surface area contributed by atoms with Gasteiger partial charge in [-0.25, -0.2) is 9.69 Å². The van der Waals surface area contributed by atoms with Crippen molar-refractivity contribution < 1.29 is 19.1 Å². The summed E-state index contributed by atoms with van der Waals surface area (Å²) in [6.45, 7) is 3.96. The highest BCUT2D eigenvalue weighted by Crippen LogP contribution is 2.39. The topological polar surface area (TPSA) is 91.3 Å². The Labute approximate surface area is 280 Å². The van der Waals surface area contributed by atoms with E-state index >= 15 is 0 Å². The molecule has 0 spiro atoms. The number of hydrogen-bond donors (Lipinski definition) is 1. The minimum absolute atomic E-state index is 0.0434. The first-order chi connectivity index (χ1) is 21.2. The van der Waals surface area contributed by atoms with E-state index in [0.717, 1.165) is 29.2 Å². The standard InChI is InChI=1S/C32H40Cl4N4O4/c1-3-5-6-7-8-9-10-11-12-13-14-15-29(41)37-23-16-17-24(34)27(20-23)39(32(43)44-4-2)28-21-30(42)40(38-28)31-25(35)18-22(33)19-26(31)36/h16-20H,3-15,21H2,1-2H3,(H,37,41). The Hall–Kier alpha value is -2.52. The van der Waals surface area contributed by atoms with Gasteiger partial charge in [0, 0.05) is 17.1 Å². The van der Waals surface area contributed by atoms with Crippen molar-refractivity contribution in [3.05, 3.63) is 50.4 Å². The second-order valence-electron chi connectivity index (χ2n) is 10.7. The van der Waals surface area contributed by atoms with Crippen molar-refractivity contribution >= 4 is 87.2 Å². The number of benzene rings is 2. The summed E-state index contributed by atoms with van der Waals surface area (Å²) >= 11 is 25.2. The number of nitrogens with zero attached hydrogens (tertiary/aromatic N) is 3. The van der Waals surface area contributed by atoms with Crippen LogP contribution >= 0.6 is 46.4 Å². The maximum atomic E-state index is 13.1. The molecule has 1 N–H and O–H groups in total. The number of nitrogens with one attached hydrogen (secondary N) is 1. The average Bonchev–Trinajstić information content (AvgIpc) is 3.33. The van der Waals surface area contributed by atoms with Crippen LogP contribution in [0.4, 0.5) is 21.9 Å². The van der Waals surface area contributed by atoms with E-state index in [2.05, 4.69) is 17.3 Å². The molecule has 2 aromatic carbocycles. The Morgan fingerprint density at radius 2 is 1.45 bits per heavy atom. The Bertz CT molecular complexity index is 1310. The van der Waals surface area contributed by atoms with Gasteiger partial charge in [-0.2, -0.15) is 10.1 Å². The number of hydrogen-bond acceptors (Lipinski definition) is 5. The molecule has 8 nitrogen and oxygen atoms in total. The number of halogens is 4. The highest BCUT2D eigenvalue weighted by Gasteiger charge is 2.36. The Morgan fingerprint density at radius 3 is 2.05 bits per heavy atom. The fraction of sp³-hybridized carbons (Fsp3) is 0.500. The molecule has 0 unspecified atom stereocenters. The van der Waals surface area contributed by atoms with Crippen LogP contribution in [0.25, 0.3) is 0 Å². The fourth-order valence-corrected chi connectivity index (χ4v) is 6.10. The molecule has 0 aromatic heterocycles. The Kier molecular flexibility index (Phi) is 15.1. The zero-order valence-corrected chi connectivity index (χ0v) is 28.3. The third-order valence-electron chi connectivity index (χ3n) is 7.14. The summed E-state index contributed by atoms with van der Waals surface area (Å²) in [5.41, 5.74) is 0.771. The van der Waals surface area contributed by atoms with Crippen LogP contribution in [-0.4, -0.2) is 30.4 Å². The van der Waals surface area contributed by atoms with Crippen LogP contribution in [0.2, 0.25) is 20.1 Å². The number of carbonyl (C=O) groups excluding carboxylic acids is 3. The van der Waals surface area contributed by atoms with Gasteiger partial charge < -0.3 is 10.1 Å². The normalized spacial score (nSPS) is 12.8. The smallest absolute Gasteiger partial charge is 0.420 e. The molecule has 44 heavy (non-hydrogen) atoms. The van der Waals surface area contributed by atoms with Gasteiger partial charge in [-0.05, 0) is 43.7 Å². The fourth-order valence-electron chi connectivity index (χ4n) is 4.92.